The minimum Gasteiger partial charge on any atom is -0.255 e. The Bertz CT molecular complexity index is 929. The van der Waals surface area contributed by atoms with E-state index < -0.39 is 0 Å². The Kier molecular flexibility index (Phi) is 4.33. The second kappa shape index (κ2) is 7.09. The summed E-state index contributed by atoms with van der Waals surface area (Å²) in [5.41, 5.74) is 5.51. The van der Waals surface area contributed by atoms with Gasteiger partial charge in [0, 0.05) is 24.4 Å². The van der Waals surface area contributed by atoms with Crippen molar-refractivity contribution >= 4 is 0 Å². The third-order valence-electron chi connectivity index (χ3n) is 4.18. The minimum atomic E-state index is 0.793. The van der Waals surface area contributed by atoms with Gasteiger partial charge in [-0.25, -0.2) is 9.55 Å². The van der Waals surface area contributed by atoms with E-state index in [9.17, 15) is 0 Å². The Balaban J connectivity index is 1.51. The molecule has 4 heteroatoms. The van der Waals surface area contributed by atoms with Crippen LogP contribution in [0.4, 0.5) is 0 Å². The first-order valence-corrected chi connectivity index (χ1v) is 8.34. The van der Waals surface area contributed by atoms with E-state index in [2.05, 4.69) is 56.0 Å². The van der Waals surface area contributed by atoms with Crippen molar-refractivity contribution in [2.75, 3.05) is 0 Å². The summed E-state index contributed by atoms with van der Waals surface area (Å²) in [7, 11) is 0. The zero-order valence-electron chi connectivity index (χ0n) is 13.8. The van der Waals surface area contributed by atoms with Crippen LogP contribution in [0.3, 0.4) is 0 Å². The van der Waals surface area contributed by atoms with Gasteiger partial charge in [0.15, 0.2) is 0 Å². The summed E-state index contributed by atoms with van der Waals surface area (Å²) in [4.78, 5) is 12.1. The Labute approximate surface area is 146 Å². The number of aromatic nitrogens is 4. The lowest BCUT2D eigenvalue weighted by atomic mass is 10.1. The number of rotatable bonds is 5. The summed E-state index contributed by atoms with van der Waals surface area (Å²) in [6, 6.07) is 20.5. The van der Waals surface area contributed by atoms with Crippen molar-refractivity contribution in [1.82, 2.24) is 15.0 Å². The fraction of sp³-hybridized carbons (Fsp3) is 0.0952. The van der Waals surface area contributed by atoms with Gasteiger partial charge in [0.25, 0.3) is 0 Å². The molecule has 0 amide bonds. The van der Waals surface area contributed by atoms with Crippen LogP contribution in [0.5, 0.6) is 0 Å². The first-order chi connectivity index (χ1) is 12.4. The molecule has 0 aliphatic rings. The number of imidazole rings is 1. The van der Waals surface area contributed by atoms with Gasteiger partial charge in [0.2, 0.25) is 6.33 Å². The maximum absolute atomic E-state index is 4.56. The highest BCUT2D eigenvalue weighted by atomic mass is 15.0. The summed E-state index contributed by atoms with van der Waals surface area (Å²) in [6.45, 7) is 0.793. The molecular formula is C21H19N4+. The van der Waals surface area contributed by atoms with E-state index in [0.29, 0.717) is 0 Å². The second-order valence-electron chi connectivity index (χ2n) is 5.99. The van der Waals surface area contributed by atoms with E-state index in [0.717, 1.165) is 24.4 Å². The van der Waals surface area contributed by atoms with E-state index >= 15 is 0 Å². The number of hydrogen-bond acceptors (Lipinski definition) is 2. The summed E-state index contributed by atoms with van der Waals surface area (Å²) in [6.07, 6.45) is 8.68. The van der Waals surface area contributed by atoms with Crippen molar-refractivity contribution in [2.24, 2.45) is 0 Å². The lowest BCUT2D eigenvalue weighted by Gasteiger charge is -2.04. The smallest absolute Gasteiger partial charge is 0.242 e. The zero-order chi connectivity index (χ0) is 16.9. The number of benzene rings is 1. The van der Waals surface area contributed by atoms with Gasteiger partial charge in [-0.15, -0.1) is 0 Å². The molecule has 1 N–H and O–H groups in total. The van der Waals surface area contributed by atoms with Gasteiger partial charge < -0.3 is 0 Å². The van der Waals surface area contributed by atoms with Crippen LogP contribution in [-0.4, -0.2) is 15.0 Å². The summed E-state index contributed by atoms with van der Waals surface area (Å²) >= 11 is 0. The van der Waals surface area contributed by atoms with Crippen molar-refractivity contribution in [3.8, 4) is 11.4 Å². The third kappa shape index (κ3) is 3.63. The van der Waals surface area contributed by atoms with E-state index in [1.165, 1.54) is 16.8 Å². The fourth-order valence-corrected chi connectivity index (χ4v) is 2.87. The molecule has 0 atom stereocenters. The lowest BCUT2D eigenvalue weighted by Crippen LogP contribution is -2.36. The number of nitrogens with zero attached hydrogens (tertiary/aromatic N) is 3. The maximum Gasteiger partial charge on any atom is 0.242 e. The number of hydrogen-bond donors (Lipinski definition) is 1. The van der Waals surface area contributed by atoms with E-state index in [1.54, 1.807) is 6.20 Å². The van der Waals surface area contributed by atoms with Gasteiger partial charge in [-0.05, 0) is 23.8 Å². The first-order valence-electron chi connectivity index (χ1n) is 8.34. The highest BCUT2D eigenvalue weighted by molar-refractivity contribution is 5.53. The maximum atomic E-state index is 4.56. The van der Waals surface area contributed by atoms with Crippen LogP contribution in [0.1, 0.15) is 16.8 Å². The molecule has 1 aromatic carbocycles. The second-order valence-corrected chi connectivity index (χ2v) is 5.99. The van der Waals surface area contributed by atoms with Crippen LogP contribution < -0.4 is 4.57 Å². The van der Waals surface area contributed by atoms with E-state index in [4.69, 9.17) is 0 Å². The predicted octanol–water partition coefficient (Wildman–Crippen LogP) is 3.40. The molecule has 0 fully saturated rings. The summed E-state index contributed by atoms with van der Waals surface area (Å²) in [5.74, 6) is 0. The zero-order valence-corrected chi connectivity index (χ0v) is 13.8. The summed E-state index contributed by atoms with van der Waals surface area (Å²) < 4.78 is 2.23. The van der Waals surface area contributed by atoms with Crippen LogP contribution in [0.25, 0.3) is 11.4 Å². The van der Waals surface area contributed by atoms with Gasteiger partial charge in [-0.1, -0.05) is 42.5 Å². The van der Waals surface area contributed by atoms with Gasteiger partial charge >= 0.3 is 0 Å². The van der Waals surface area contributed by atoms with Gasteiger partial charge in [0.1, 0.15) is 18.4 Å². The average Bonchev–Trinajstić information content (AvgIpc) is 3.10. The van der Waals surface area contributed by atoms with Gasteiger partial charge in [-0.3, -0.25) is 9.97 Å². The van der Waals surface area contributed by atoms with Crippen molar-refractivity contribution in [2.45, 2.75) is 13.0 Å². The molecule has 3 heterocycles. The Morgan fingerprint density at radius 2 is 1.64 bits per heavy atom. The van der Waals surface area contributed by atoms with E-state index in [-0.39, 0.29) is 0 Å². The molecule has 0 radical (unpaired) electrons. The first kappa shape index (κ1) is 15.3. The third-order valence-corrected chi connectivity index (χ3v) is 4.18. The molecule has 122 valence electrons. The van der Waals surface area contributed by atoms with Gasteiger partial charge in [-0.2, -0.15) is 0 Å². The molecule has 0 spiro atoms. The van der Waals surface area contributed by atoms with Crippen LogP contribution >= 0.6 is 0 Å². The normalized spacial score (nSPS) is 10.7. The molecular weight excluding hydrogens is 308 g/mol. The van der Waals surface area contributed by atoms with Crippen molar-refractivity contribution < 1.29 is 4.57 Å². The summed E-state index contributed by atoms with van der Waals surface area (Å²) in [5, 5.41) is 0. The fourth-order valence-electron chi connectivity index (χ4n) is 2.87. The molecule has 3 aromatic heterocycles. The lowest BCUT2D eigenvalue weighted by molar-refractivity contribution is -0.693. The van der Waals surface area contributed by atoms with Crippen LogP contribution in [0.15, 0.2) is 85.6 Å². The highest BCUT2D eigenvalue weighted by Crippen LogP contribution is 2.13. The molecule has 4 rings (SSSR count). The molecule has 0 unspecified atom stereocenters. The minimum absolute atomic E-state index is 0.793. The van der Waals surface area contributed by atoms with Crippen LogP contribution in [-0.2, 0) is 13.0 Å². The molecule has 0 aliphatic heterocycles. The molecule has 0 saturated carbocycles. The standard InChI is InChI=1S/C21H18N4/c1-2-6-17(7-3-1)12-19-14-22-16-25(19)15-18-9-10-21(24-13-18)20-8-4-5-11-23-20/h1-11,13-14,16H,12,15H2/p+1. The van der Waals surface area contributed by atoms with Crippen molar-refractivity contribution in [1.29, 1.82) is 0 Å². The molecule has 4 nitrogen and oxygen atoms in total. The van der Waals surface area contributed by atoms with Crippen LogP contribution in [0, 0.1) is 0 Å². The monoisotopic (exact) mass is 327 g/mol. The number of pyridine rings is 2. The Hall–Kier alpha value is -3.27. The quantitative estimate of drug-likeness (QED) is 0.571. The number of H-pyrrole nitrogens is 1. The van der Waals surface area contributed by atoms with E-state index in [1.807, 2.05) is 42.9 Å². The SMILES string of the molecule is c1ccc(Cc2c[nH]c[n+]2Cc2ccc(-c3ccccn3)nc2)cc1. The Morgan fingerprint density at radius 1 is 0.800 bits per heavy atom. The number of nitrogens with one attached hydrogen (secondary N) is 1. The molecule has 0 saturated heterocycles. The molecule has 4 aromatic rings. The molecule has 25 heavy (non-hydrogen) atoms. The Morgan fingerprint density at radius 3 is 2.40 bits per heavy atom. The molecule has 0 bridgehead atoms. The highest BCUT2D eigenvalue weighted by Gasteiger charge is 2.11. The van der Waals surface area contributed by atoms with Crippen molar-refractivity contribution in [3.05, 3.63) is 102 Å². The topological polar surface area (TPSA) is 45.5 Å². The average molecular weight is 327 g/mol. The molecule has 0 aliphatic carbocycles. The van der Waals surface area contributed by atoms with Crippen molar-refractivity contribution in [3.63, 3.8) is 0 Å². The largest absolute Gasteiger partial charge is 0.255 e. The van der Waals surface area contributed by atoms with Crippen LogP contribution in [0.2, 0.25) is 0 Å². The predicted molar refractivity (Wildman–Crippen MR) is 96.8 cm³/mol. The van der Waals surface area contributed by atoms with Gasteiger partial charge in [0.05, 0.1) is 11.4 Å². The number of aromatic amines is 1.